The maximum Gasteiger partial charge on any atom is 0.180 e. The lowest BCUT2D eigenvalue weighted by molar-refractivity contribution is 0.437. The lowest BCUT2D eigenvalue weighted by atomic mass is 10.2. The molecule has 1 aromatic heterocycles. The summed E-state index contributed by atoms with van der Waals surface area (Å²) in [6, 6.07) is 3.53. The Morgan fingerprint density at radius 2 is 2.21 bits per heavy atom. The molecule has 2 aromatic rings. The van der Waals surface area contributed by atoms with Crippen LogP contribution >= 0.6 is 15.9 Å². The maximum atomic E-state index is 14.0. The molecule has 0 fully saturated rings. The quantitative estimate of drug-likeness (QED) is 0.933. The summed E-state index contributed by atoms with van der Waals surface area (Å²) in [5, 5.41) is 4.14. The van der Waals surface area contributed by atoms with Gasteiger partial charge in [0.05, 0.1) is 16.9 Å². The molecular weight excluding hydrogens is 313 g/mol. The molecular formula is C13H15BrFN3O. The predicted molar refractivity (Wildman–Crippen MR) is 74.7 cm³/mol. The molecule has 0 amide bonds. The summed E-state index contributed by atoms with van der Waals surface area (Å²) in [5.74, 6) is 0.188. The number of rotatable bonds is 4. The summed E-state index contributed by atoms with van der Waals surface area (Å²) < 4.78 is 21.6. The molecule has 6 heteroatoms. The van der Waals surface area contributed by atoms with Crippen molar-refractivity contribution < 1.29 is 9.13 Å². The number of benzene rings is 1. The molecule has 0 saturated carbocycles. The molecule has 0 aliphatic heterocycles. The third-order valence-electron chi connectivity index (χ3n) is 2.68. The van der Waals surface area contributed by atoms with E-state index >= 15 is 0 Å². The number of hydrogen-bond donors (Lipinski definition) is 1. The zero-order valence-electron chi connectivity index (χ0n) is 10.7. The topological polar surface area (TPSA) is 53.1 Å². The molecule has 0 aliphatic rings. The van der Waals surface area contributed by atoms with Gasteiger partial charge in [-0.15, -0.1) is 0 Å². The lowest BCUT2D eigenvalue weighted by Crippen LogP contribution is -2.00. The fourth-order valence-corrected chi connectivity index (χ4v) is 2.08. The Bertz CT molecular complexity index is 583. The zero-order chi connectivity index (χ0) is 14.0. The first-order valence-electron chi connectivity index (χ1n) is 5.92. The average Bonchev–Trinajstić information content (AvgIpc) is 2.84. The van der Waals surface area contributed by atoms with Crippen molar-refractivity contribution in [3.63, 3.8) is 0 Å². The second-order valence-corrected chi connectivity index (χ2v) is 5.20. The SMILES string of the molecule is CC(C)n1cc(Oc2ccc(CN)c(Br)c2F)cn1. The van der Waals surface area contributed by atoms with Crippen LogP contribution in [0.1, 0.15) is 25.5 Å². The standard InChI is InChI=1S/C13H15BrFN3O/c1-8(2)18-7-10(6-17-18)19-11-4-3-9(5-16)12(14)13(11)15/h3-4,6-8H,5,16H2,1-2H3. The van der Waals surface area contributed by atoms with E-state index in [0.29, 0.717) is 15.8 Å². The number of nitrogens with two attached hydrogens (primary N) is 1. The number of aromatic nitrogens is 2. The van der Waals surface area contributed by atoms with Crippen molar-refractivity contribution in [3.05, 3.63) is 40.4 Å². The van der Waals surface area contributed by atoms with Gasteiger partial charge in [-0.05, 0) is 41.4 Å². The van der Waals surface area contributed by atoms with Crippen LogP contribution in [0.2, 0.25) is 0 Å². The minimum absolute atomic E-state index is 0.146. The van der Waals surface area contributed by atoms with Gasteiger partial charge >= 0.3 is 0 Å². The van der Waals surface area contributed by atoms with Crippen molar-refractivity contribution in [2.24, 2.45) is 5.73 Å². The molecule has 0 spiro atoms. The van der Waals surface area contributed by atoms with Gasteiger partial charge in [0, 0.05) is 12.6 Å². The zero-order valence-corrected chi connectivity index (χ0v) is 12.3. The van der Waals surface area contributed by atoms with Crippen molar-refractivity contribution in [2.75, 3.05) is 0 Å². The Kier molecular flexibility index (Phi) is 4.21. The summed E-state index contributed by atoms with van der Waals surface area (Å²) in [5.41, 5.74) is 6.20. The number of nitrogens with zero attached hydrogens (tertiary/aromatic N) is 2. The highest BCUT2D eigenvalue weighted by Gasteiger charge is 2.13. The van der Waals surface area contributed by atoms with Gasteiger partial charge < -0.3 is 10.5 Å². The van der Waals surface area contributed by atoms with E-state index in [0.717, 1.165) is 0 Å². The molecule has 19 heavy (non-hydrogen) atoms. The van der Waals surface area contributed by atoms with E-state index in [4.69, 9.17) is 10.5 Å². The first-order chi connectivity index (χ1) is 9.02. The van der Waals surface area contributed by atoms with Gasteiger partial charge in [0.15, 0.2) is 17.3 Å². The van der Waals surface area contributed by atoms with E-state index in [1.54, 1.807) is 29.2 Å². The molecule has 0 radical (unpaired) electrons. The van der Waals surface area contributed by atoms with E-state index in [2.05, 4.69) is 21.0 Å². The van der Waals surface area contributed by atoms with E-state index in [9.17, 15) is 4.39 Å². The van der Waals surface area contributed by atoms with Crippen LogP contribution in [0.4, 0.5) is 4.39 Å². The maximum absolute atomic E-state index is 14.0. The van der Waals surface area contributed by atoms with Crippen molar-refractivity contribution >= 4 is 15.9 Å². The summed E-state index contributed by atoms with van der Waals surface area (Å²) in [6.45, 7) is 4.27. The monoisotopic (exact) mass is 327 g/mol. The van der Waals surface area contributed by atoms with Gasteiger partial charge in [-0.3, -0.25) is 4.68 Å². The Labute approximate surface area is 119 Å². The molecule has 0 aliphatic carbocycles. The Morgan fingerprint density at radius 3 is 2.79 bits per heavy atom. The number of hydrogen-bond acceptors (Lipinski definition) is 3. The minimum Gasteiger partial charge on any atom is -0.451 e. The van der Waals surface area contributed by atoms with Crippen LogP contribution in [0, 0.1) is 5.82 Å². The van der Waals surface area contributed by atoms with Crippen LogP contribution in [0.3, 0.4) is 0 Å². The van der Waals surface area contributed by atoms with Crippen LogP contribution in [-0.4, -0.2) is 9.78 Å². The van der Waals surface area contributed by atoms with Gasteiger partial charge in [-0.2, -0.15) is 5.10 Å². The molecule has 0 saturated heterocycles. The highest BCUT2D eigenvalue weighted by molar-refractivity contribution is 9.10. The van der Waals surface area contributed by atoms with Crippen LogP contribution in [0.15, 0.2) is 29.0 Å². The molecule has 1 heterocycles. The molecule has 4 nitrogen and oxygen atoms in total. The van der Waals surface area contributed by atoms with Gasteiger partial charge in [0.2, 0.25) is 0 Å². The summed E-state index contributed by atoms with van der Waals surface area (Å²) in [4.78, 5) is 0. The van der Waals surface area contributed by atoms with Crippen molar-refractivity contribution in [1.82, 2.24) is 9.78 Å². The van der Waals surface area contributed by atoms with Gasteiger partial charge in [-0.1, -0.05) is 6.07 Å². The molecule has 102 valence electrons. The number of halogens is 2. The second-order valence-electron chi connectivity index (χ2n) is 4.41. The van der Waals surface area contributed by atoms with E-state index in [1.807, 2.05) is 13.8 Å². The largest absolute Gasteiger partial charge is 0.451 e. The molecule has 1 aromatic carbocycles. The summed E-state index contributed by atoms with van der Waals surface area (Å²) >= 11 is 3.18. The van der Waals surface area contributed by atoms with E-state index < -0.39 is 5.82 Å². The van der Waals surface area contributed by atoms with Gasteiger partial charge in [0.1, 0.15) is 0 Å². The smallest absolute Gasteiger partial charge is 0.180 e. The third-order valence-corrected chi connectivity index (χ3v) is 3.54. The van der Waals surface area contributed by atoms with Crippen LogP contribution in [0.5, 0.6) is 11.5 Å². The fourth-order valence-electron chi connectivity index (χ4n) is 1.59. The van der Waals surface area contributed by atoms with Gasteiger partial charge in [-0.25, -0.2) is 4.39 Å². The van der Waals surface area contributed by atoms with Crippen LogP contribution in [-0.2, 0) is 6.54 Å². The Balaban J connectivity index is 2.25. The van der Waals surface area contributed by atoms with E-state index in [1.165, 1.54) is 0 Å². The molecule has 0 atom stereocenters. The predicted octanol–water partition coefficient (Wildman–Crippen LogP) is 3.62. The first kappa shape index (κ1) is 14.0. The Morgan fingerprint density at radius 1 is 1.47 bits per heavy atom. The Hall–Kier alpha value is -1.40. The molecule has 0 unspecified atom stereocenters. The third kappa shape index (κ3) is 2.96. The lowest BCUT2D eigenvalue weighted by Gasteiger charge is -2.08. The summed E-state index contributed by atoms with van der Waals surface area (Å²) in [6.07, 6.45) is 3.29. The minimum atomic E-state index is -0.458. The van der Waals surface area contributed by atoms with Crippen LogP contribution < -0.4 is 10.5 Å². The van der Waals surface area contributed by atoms with Crippen molar-refractivity contribution in [1.29, 1.82) is 0 Å². The molecule has 2 rings (SSSR count). The first-order valence-corrected chi connectivity index (χ1v) is 6.71. The highest BCUT2D eigenvalue weighted by atomic mass is 79.9. The van der Waals surface area contributed by atoms with Crippen LogP contribution in [0.25, 0.3) is 0 Å². The normalized spacial score (nSPS) is 11.1. The fraction of sp³-hybridized carbons (Fsp3) is 0.308. The highest BCUT2D eigenvalue weighted by Crippen LogP contribution is 2.31. The molecule has 2 N–H and O–H groups in total. The van der Waals surface area contributed by atoms with Gasteiger partial charge in [0.25, 0.3) is 0 Å². The average molecular weight is 328 g/mol. The molecule has 0 bridgehead atoms. The van der Waals surface area contributed by atoms with Crippen molar-refractivity contribution in [3.8, 4) is 11.5 Å². The van der Waals surface area contributed by atoms with Crippen molar-refractivity contribution in [2.45, 2.75) is 26.4 Å². The number of ether oxygens (including phenoxy) is 1. The summed E-state index contributed by atoms with van der Waals surface area (Å²) in [7, 11) is 0. The second kappa shape index (κ2) is 5.71. The van der Waals surface area contributed by atoms with E-state index in [-0.39, 0.29) is 18.3 Å².